The number of rotatable bonds is 27. The number of aliphatic carboxylic acids is 2. The summed E-state index contributed by atoms with van der Waals surface area (Å²) in [5, 5.41) is 16.9. The van der Waals surface area contributed by atoms with Crippen molar-refractivity contribution in [3.05, 3.63) is 109 Å². The standard InChI is InChI=1S/C20H32O2.C20H30O2/c2*1-2-3-4-5-6-7-8-9-10-11-12-13-14-15-16-17-18-19-20(21)22/h6-7,9-10,12-13,15-16H,2-5,8,11,14,17-19H2,1H3,(H,21,22);10-19H,2-9H2,1H3,(H,21,22)/b7-6-,10-9-,13-12-,16-15-;. The third-order valence-corrected chi connectivity index (χ3v) is 6.35. The Morgan fingerprint density at radius 1 is 0.432 bits per heavy atom. The number of allylic oxidation sites excluding steroid dienone is 17. The molecule has 0 aromatic heterocycles. The maximum Gasteiger partial charge on any atom is 0.328 e. The van der Waals surface area contributed by atoms with Crippen LogP contribution in [0.5, 0.6) is 0 Å². The normalized spacial score (nSPS) is 12.6. The Labute approximate surface area is 270 Å². The fourth-order valence-corrected chi connectivity index (χ4v) is 3.85. The molecule has 0 saturated heterocycles. The molecule has 0 radical (unpaired) electrons. The molecular weight excluding hydrogens is 544 g/mol. The van der Waals surface area contributed by atoms with E-state index in [1.807, 2.05) is 24.3 Å². The van der Waals surface area contributed by atoms with Crippen LogP contribution in [0.15, 0.2) is 109 Å². The molecule has 0 aromatic carbocycles. The molecule has 44 heavy (non-hydrogen) atoms. The van der Waals surface area contributed by atoms with Crippen molar-refractivity contribution in [1.29, 1.82) is 0 Å². The van der Waals surface area contributed by atoms with Crippen molar-refractivity contribution in [1.82, 2.24) is 0 Å². The van der Waals surface area contributed by atoms with Gasteiger partial charge in [0.25, 0.3) is 0 Å². The molecule has 0 unspecified atom stereocenters. The van der Waals surface area contributed by atoms with Crippen LogP contribution in [-0.4, -0.2) is 22.2 Å². The first-order valence-electron chi connectivity index (χ1n) is 16.9. The second-order valence-corrected chi connectivity index (χ2v) is 10.6. The molecule has 4 nitrogen and oxygen atoms in total. The van der Waals surface area contributed by atoms with Crippen molar-refractivity contribution >= 4 is 11.9 Å². The van der Waals surface area contributed by atoms with Crippen molar-refractivity contribution in [3.63, 3.8) is 0 Å². The summed E-state index contributed by atoms with van der Waals surface area (Å²) in [6.45, 7) is 4.48. The largest absolute Gasteiger partial charge is 0.481 e. The average molecular weight is 607 g/mol. The van der Waals surface area contributed by atoms with E-state index in [0.29, 0.717) is 0 Å². The van der Waals surface area contributed by atoms with Crippen LogP contribution in [0.1, 0.15) is 129 Å². The van der Waals surface area contributed by atoms with E-state index in [9.17, 15) is 9.59 Å². The maximum atomic E-state index is 10.3. The van der Waals surface area contributed by atoms with Gasteiger partial charge in [0.15, 0.2) is 0 Å². The van der Waals surface area contributed by atoms with Crippen molar-refractivity contribution < 1.29 is 19.8 Å². The lowest BCUT2D eigenvalue weighted by Gasteiger charge is -1.98. The zero-order valence-electron chi connectivity index (χ0n) is 27.8. The Hall–Kier alpha value is -3.40. The molecule has 0 saturated carbocycles. The van der Waals surface area contributed by atoms with Crippen LogP contribution in [0.25, 0.3) is 0 Å². The molecule has 0 aliphatic carbocycles. The zero-order valence-corrected chi connectivity index (χ0v) is 27.8. The lowest BCUT2D eigenvalue weighted by Crippen LogP contribution is -1.92. The van der Waals surface area contributed by atoms with Crippen LogP contribution in [0, 0.1) is 0 Å². The van der Waals surface area contributed by atoms with E-state index < -0.39 is 11.9 Å². The summed E-state index contributed by atoms with van der Waals surface area (Å²) >= 11 is 0. The fraction of sp³-hybridized carbons (Fsp3) is 0.500. The van der Waals surface area contributed by atoms with Gasteiger partial charge in [-0.15, -0.1) is 0 Å². The molecule has 0 spiro atoms. The molecule has 0 rings (SSSR count). The van der Waals surface area contributed by atoms with Gasteiger partial charge in [0, 0.05) is 12.5 Å². The monoisotopic (exact) mass is 606 g/mol. The molecule has 0 bridgehead atoms. The lowest BCUT2D eigenvalue weighted by atomic mass is 10.1. The Kier molecular flexibility index (Phi) is 38.5. The van der Waals surface area contributed by atoms with Crippen molar-refractivity contribution in [3.8, 4) is 0 Å². The molecule has 0 amide bonds. The van der Waals surface area contributed by atoms with E-state index in [1.54, 1.807) is 12.2 Å². The minimum Gasteiger partial charge on any atom is -0.481 e. The smallest absolute Gasteiger partial charge is 0.328 e. The number of carbonyl (C=O) groups is 2. The minimum absolute atomic E-state index is 0.262. The second kappa shape index (κ2) is 39.6. The van der Waals surface area contributed by atoms with E-state index >= 15 is 0 Å². The number of hydrogen-bond acceptors (Lipinski definition) is 2. The fourth-order valence-electron chi connectivity index (χ4n) is 3.85. The van der Waals surface area contributed by atoms with Crippen LogP contribution < -0.4 is 0 Å². The molecule has 0 aliphatic heterocycles. The summed E-state index contributed by atoms with van der Waals surface area (Å²) in [6.07, 6.45) is 56.1. The number of unbranched alkanes of at least 4 members (excludes halogenated alkanes) is 11. The summed E-state index contributed by atoms with van der Waals surface area (Å²) in [6, 6.07) is 0. The van der Waals surface area contributed by atoms with Crippen molar-refractivity contribution in [2.75, 3.05) is 0 Å². The van der Waals surface area contributed by atoms with Crippen LogP contribution in [0.4, 0.5) is 0 Å². The predicted molar refractivity (Wildman–Crippen MR) is 192 cm³/mol. The highest BCUT2D eigenvalue weighted by atomic mass is 16.4. The summed E-state index contributed by atoms with van der Waals surface area (Å²) in [4.78, 5) is 20.5. The first kappa shape index (κ1) is 42.7. The minimum atomic E-state index is -0.931. The van der Waals surface area contributed by atoms with E-state index in [4.69, 9.17) is 10.2 Å². The molecule has 0 heterocycles. The Morgan fingerprint density at radius 3 is 1.34 bits per heavy atom. The molecule has 4 heteroatoms. The summed E-state index contributed by atoms with van der Waals surface area (Å²) in [5.41, 5.74) is 0. The highest BCUT2D eigenvalue weighted by Gasteiger charge is 1.92. The van der Waals surface area contributed by atoms with Crippen LogP contribution >= 0.6 is 0 Å². The van der Waals surface area contributed by atoms with Crippen molar-refractivity contribution in [2.24, 2.45) is 0 Å². The van der Waals surface area contributed by atoms with E-state index in [2.05, 4.69) is 74.6 Å². The average Bonchev–Trinajstić information content (AvgIpc) is 3.00. The maximum absolute atomic E-state index is 10.3. The van der Waals surface area contributed by atoms with Gasteiger partial charge in [-0.05, 0) is 57.8 Å². The molecule has 0 atom stereocenters. The zero-order chi connectivity index (χ0) is 32.6. The first-order chi connectivity index (χ1) is 21.5. The number of carboxylic acids is 2. The highest BCUT2D eigenvalue weighted by Crippen LogP contribution is 2.08. The van der Waals surface area contributed by atoms with Gasteiger partial charge in [0.05, 0.1) is 0 Å². The Bertz CT molecular complexity index is 910. The van der Waals surface area contributed by atoms with Gasteiger partial charge in [-0.3, -0.25) is 4.79 Å². The third-order valence-electron chi connectivity index (χ3n) is 6.35. The topological polar surface area (TPSA) is 74.6 Å². The van der Waals surface area contributed by atoms with Crippen LogP contribution in [-0.2, 0) is 9.59 Å². The molecule has 246 valence electrons. The van der Waals surface area contributed by atoms with Crippen molar-refractivity contribution in [2.45, 2.75) is 129 Å². The number of hydrogen-bond donors (Lipinski definition) is 2. The predicted octanol–water partition coefficient (Wildman–Crippen LogP) is 12.2. The second-order valence-electron chi connectivity index (χ2n) is 10.6. The third kappa shape index (κ3) is 45.6. The van der Waals surface area contributed by atoms with Crippen LogP contribution in [0.3, 0.4) is 0 Å². The molecule has 2 N–H and O–H groups in total. The van der Waals surface area contributed by atoms with Gasteiger partial charge in [-0.25, -0.2) is 4.79 Å². The van der Waals surface area contributed by atoms with Gasteiger partial charge >= 0.3 is 11.9 Å². The SMILES string of the molecule is CCCCC/C=C\C/C=C\C/C=C\C/C=C\CCCC(=O)O.CCCCCCCCCC=CC=CC=CC=CC=CC(=O)O. The Morgan fingerprint density at radius 2 is 0.818 bits per heavy atom. The van der Waals surface area contributed by atoms with E-state index in [0.717, 1.165) is 44.6 Å². The summed E-state index contributed by atoms with van der Waals surface area (Å²) in [5.74, 6) is -1.64. The van der Waals surface area contributed by atoms with Gasteiger partial charge in [-0.1, -0.05) is 169 Å². The molecular formula is C40H62O4. The Balaban J connectivity index is 0. The quantitative estimate of drug-likeness (QED) is 0.0422. The van der Waals surface area contributed by atoms with Gasteiger partial charge < -0.3 is 10.2 Å². The van der Waals surface area contributed by atoms with Gasteiger partial charge in [-0.2, -0.15) is 0 Å². The molecule has 0 fully saturated rings. The summed E-state index contributed by atoms with van der Waals surface area (Å²) in [7, 11) is 0. The van der Waals surface area contributed by atoms with E-state index in [1.165, 1.54) is 76.7 Å². The van der Waals surface area contributed by atoms with Gasteiger partial charge in [0.1, 0.15) is 0 Å². The number of carboxylic acid groups (broad SMARTS) is 2. The molecule has 0 aromatic rings. The highest BCUT2D eigenvalue weighted by molar-refractivity contribution is 5.80. The molecule has 0 aliphatic rings. The summed E-state index contributed by atoms with van der Waals surface area (Å²) < 4.78 is 0. The van der Waals surface area contributed by atoms with E-state index in [-0.39, 0.29) is 6.42 Å². The van der Waals surface area contributed by atoms with Gasteiger partial charge in [0.2, 0.25) is 0 Å². The first-order valence-corrected chi connectivity index (χ1v) is 16.9. The van der Waals surface area contributed by atoms with Crippen LogP contribution in [0.2, 0.25) is 0 Å². The lowest BCUT2D eigenvalue weighted by molar-refractivity contribution is -0.137.